The maximum atomic E-state index is 5.11. The van der Waals surface area contributed by atoms with Gasteiger partial charge in [-0.25, -0.2) is 0 Å². The Kier molecular flexibility index (Phi) is 20.3. The zero-order valence-corrected chi connectivity index (χ0v) is 16.9. The van der Waals surface area contributed by atoms with Gasteiger partial charge >= 0.3 is 0 Å². The summed E-state index contributed by atoms with van der Waals surface area (Å²) >= 11 is 0. The van der Waals surface area contributed by atoms with Crippen molar-refractivity contribution in [2.75, 3.05) is 6.54 Å². The lowest BCUT2D eigenvalue weighted by atomic mass is 10.0. The molecule has 0 radical (unpaired) electrons. The molecule has 0 amide bonds. The van der Waals surface area contributed by atoms with Crippen LogP contribution in [0.4, 0.5) is 0 Å². The van der Waals surface area contributed by atoms with Gasteiger partial charge in [0.2, 0.25) is 0 Å². The Bertz CT molecular complexity index is 271. The topological polar surface area (TPSA) is 21.7 Å². The summed E-state index contributed by atoms with van der Waals surface area (Å²) in [6, 6.07) is 0. The van der Waals surface area contributed by atoms with E-state index in [1.165, 1.54) is 114 Å². The van der Waals surface area contributed by atoms with Crippen LogP contribution in [0.2, 0.25) is 0 Å². The predicted molar refractivity (Wildman–Crippen MR) is 109 cm³/mol. The summed E-state index contributed by atoms with van der Waals surface area (Å²) in [5.41, 5.74) is 0. The predicted octanol–water partition coefficient (Wildman–Crippen LogP) is 7.70. The van der Waals surface area contributed by atoms with E-state index in [0.29, 0.717) is 0 Å². The van der Waals surface area contributed by atoms with Crippen LogP contribution in [0.3, 0.4) is 0 Å². The van der Waals surface area contributed by atoms with Crippen molar-refractivity contribution in [1.29, 1.82) is 0 Å². The van der Waals surface area contributed by atoms with Crippen LogP contribution in [0.25, 0.3) is 0 Å². The van der Waals surface area contributed by atoms with Gasteiger partial charge in [0, 0.05) is 5.23 Å². The van der Waals surface area contributed by atoms with E-state index in [0.717, 1.165) is 13.0 Å². The third kappa shape index (κ3) is 19.2. The van der Waals surface area contributed by atoms with E-state index in [1.54, 1.807) is 0 Å². The van der Waals surface area contributed by atoms with Gasteiger partial charge in [-0.05, 0) is 6.42 Å². The minimum absolute atomic E-state index is 0.747. The number of hydroxylamine groups is 2. The molecule has 0 saturated carbocycles. The van der Waals surface area contributed by atoms with Gasteiger partial charge in [-0.15, -0.1) is 0 Å². The molecule has 0 aromatic heterocycles. The van der Waals surface area contributed by atoms with Crippen LogP contribution in [-0.2, 0) is 9.68 Å². The van der Waals surface area contributed by atoms with Crippen LogP contribution >= 0.6 is 0 Å². The SMILES string of the molecule is C=CON(CCCCCCCCCCCCCCCCCC)OC=C. The molecular formula is C22H43NO2. The summed E-state index contributed by atoms with van der Waals surface area (Å²) in [6.45, 7) is 10.1. The van der Waals surface area contributed by atoms with E-state index in [-0.39, 0.29) is 0 Å². The van der Waals surface area contributed by atoms with E-state index < -0.39 is 0 Å². The molecule has 0 atom stereocenters. The number of hydrogen-bond acceptors (Lipinski definition) is 3. The van der Waals surface area contributed by atoms with Crippen LogP contribution < -0.4 is 0 Å². The summed E-state index contributed by atoms with van der Waals surface area (Å²) < 4.78 is 0. The molecule has 0 aromatic carbocycles. The molecule has 148 valence electrons. The Labute approximate surface area is 157 Å². The highest BCUT2D eigenvalue weighted by Crippen LogP contribution is 2.13. The average Bonchev–Trinajstić information content (AvgIpc) is 2.61. The fraction of sp³-hybridized carbons (Fsp3) is 0.818. The molecule has 25 heavy (non-hydrogen) atoms. The molecule has 3 heteroatoms. The summed E-state index contributed by atoms with van der Waals surface area (Å²) in [5.74, 6) is 0. The van der Waals surface area contributed by atoms with E-state index in [9.17, 15) is 0 Å². The highest BCUT2D eigenvalue weighted by molar-refractivity contribution is 4.52. The Morgan fingerprint density at radius 3 is 1.20 bits per heavy atom. The first-order valence-corrected chi connectivity index (χ1v) is 10.7. The van der Waals surface area contributed by atoms with Gasteiger partial charge < -0.3 is 9.68 Å². The van der Waals surface area contributed by atoms with Crippen molar-refractivity contribution in [3.63, 3.8) is 0 Å². The summed E-state index contributed by atoms with van der Waals surface area (Å²) in [7, 11) is 0. The standard InChI is InChI=1S/C22H43NO2/c1-4-7-8-9-10-11-12-13-14-15-16-17-18-19-20-21-22-23(24-5-2)25-6-3/h5-6H,2-4,7-22H2,1H3. The summed E-state index contributed by atoms with van der Waals surface area (Å²) in [5, 5.41) is 1.42. The second-order valence-corrected chi connectivity index (χ2v) is 6.90. The lowest BCUT2D eigenvalue weighted by Gasteiger charge is -2.17. The van der Waals surface area contributed by atoms with Crippen molar-refractivity contribution in [2.45, 2.75) is 110 Å². The highest BCUT2D eigenvalue weighted by atomic mass is 16.9. The molecule has 0 aliphatic heterocycles. The maximum absolute atomic E-state index is 5.11. The van der Waals surface area contributed by atoms with Crippen molar-refractivity contribution >= 4 is 0 Å². The van der Waals surface area contributed by atoms with E-state index in [4.69, 9.17) is 9.68 Å². The molecule has 0 aliphatic carbocycles. The molecule has 0 rings (SSSR count). The van der Waals surface area contributed by atoms with Crippen LogP contribution in [-0.4, -0.2) is 11.8 Å². The minimum Gasteiger partial charge on any atom is -0.380 e. The fourth-order valence-corrected chi connectivity index (χ4v) is 3.09. The first-order valence-electron chi connectivity index (χ1n) is 10.7. The molecule has 0 unspecified atom stereocenters. The zero-order valence-electron chi connectivity index (χ0n) is 16.9. The van der Waals surface area contributed by atoms with Crippen molar-refractivity contribution in [2.24, 2.45) is 0 Å². The van der Waals surface area contributed by atoms with Gasteiger partial charge in [0.25, 0.3) is 0 Å². The normalized spacial score (nSPS) is 10.8. The third-order valence-corrected chi connectivity index (χ3v) is 4.58. The molecule has 0 bridgehead atoms. The van der Waals surface area contributed by atoms with Crippen LogP contribution in [0.5, 0.6) is 0 Å². The van der Waals surface area contributed by atoms with Gasteiger partial charge in [0.1, 0.15) is 12.5 Å². The molecular weight excluding hydrogens is 310 g/mol. The molecule has 0 aliphatic rings. The van der Waals surface area contributed by atoms with Gasteiger partial charge in [-0.3, -0.25) is 0 Å². The molecule has 3 nitrogen and oxygen atoms in total. The zero-order chi connectivity index (χ0) is 18.4. The van der Waals surface area contributed by atoms with Crippen LogP contribution in [0.15, 0.2) is 25.7 Å². The number of hydrogen-bond donors (Lipinski definition) is 0. The van der Waals surface area contributed by atoms with E-state index in [2.05, 4.69) is 20.1 Å². The molecule has 0 aromatic rings. The second-order valence-electron chi connectivity index (χ2n) is 6.90. The minimum atomic E-state index is 0.747. The van der Waals surface area contributed by atoms with Gasteiger partial charge in [0.15, 0.2) is 0 Å². The molecule has 0 N–H and O–H groups in total. The Hall–Kier alpha value is -0.960. The average molecular weight is 354 g/mol. The van der Waals surface area contributed by atoms with Crippen molar-refractivity contribution < 1.29 is 9.68 Å². The lowest BCUT2D eigenvalue weighted by Crippen LogP contribution is -2.21. The monoisotopic (exact) mass is 353 g/mol. The number of unbranched alkanes of at least 4 members (excludes halogenated alkanes) is 15. The van der Waals surface area contributed by atoms with E-state index in [1.807, 2.05) is 0 Å². The van der Waals surface area contributed by atoms with Gasteiger partial charge in [-0.2, -0.15) is 0 Å². The van der Waals surface area contributed by atoms with Crippen molar-refractivity contribution in [3.8, 4) is 0 Å². The van der Waals surface area contributed by atoms with Gasteiger partial charge in [-0.1, -0.05) is 116 Å². The first-order chi connectivity index (χ1) is 12.3. The largest absolute Gasteiger partial charge is 0.380 e. The molecule has 0 fully saturated rings. The number of nitrogens with zero attached hydrogens (tertiary/aromatic N) is 1. The Morgan fingerprint density at radius 2 is 0.880 bits per heavy atom. The quantitative estimate of drug-likeness (QED) is 0.120. The van der Waals surface area contributed by atoms with Crippen LogP contribution in [0, 0.1) is 0 Å². The molecule has 0 heterocycles. The number of rotatable bonds is 21. The molecule has 0 saturated heterocycles. The van der Waals surface area contributed by atoms with Crippen molar-refractivity contribution in [3.05, 3.63) is 25.7 Å². The summed E-state index contributed by atoms with van der Waals surface area (Å²) in [4.78, 5) is 10.2. The van der Waals surface area contributed by atoms with Gasteiger partial charge in [0.05, 0.1) is 6.54 Å². The smallest absolute Gasteiger partial charge is 0.108 e. The van der Waals surface area contributed by atoms with E-state index >= 15 is 0 Å². The van der Waals surface area contributed by atoms with Crippen LogP contribution in [0.1, 0.15) is 110 Å². The Balaban J connectivity index is 3.16. The second kappa shape index (κ2) is 21.1. The fourth-order valence-electron chi connectivity index (χ4n) is 3.09. The molecule has 0 spiro atoms. The summed E-state index contributed by atoms with van der Waals surface area (Å²) in [6.07, 6.45) is 24.8. The first kappa shape index (κ1) is 24.0. The highest BCUT2D eigenvalue weighted by Gasteiger charge is 2.02. The maximum Gasteiger partial charge on any atom is 0.108 e. The third-order valence-electron chi connectivity index (χ3n) is 4.58. The lowest BCUT2D eigenvalue weighted by molar-refractivity contribution is -0.312. The van der Waals surface area contributed by atoms with Crippen molar-refractivity contribution in [1.82, 2.24) is 5.23 Å². The Morgan fingerprint density at radius 1 is 0.560 bits per heavy atom.